The van der Waals surface area contributed by atoms with Crippen LogP contribution in [-0.4, -0.2) is 32.2 Å². The monoisotopic (exact) mass is 450 g/mol. The molecule has 2 saturated heterocycles. The van der Waals surface area contributed by atoms with Crippen molar-refractivity contribution in [1.82, 2.24) is 0 Å². The first-order chi connectivity index (χ1) is 15.6. The third-order valence-corrected chi connectivity index (χ3v) is 7.89. The molecule has 0 bridgehead atoms. The molecule has 0 N–H and O–H groups in total. The summed E-state index contributed by atoms with van der Waals surface area (Å²) < 4.78 is 48.0. The minimum absolute atomic E-state index is 0.137. The van der Waals surface area contributed by atoms with Crippen molar-refractivity contribution in [3.8, 4) is 0 Å². The van der Waals surface area contributed by atoms with Crippen LogP contribution in [0, 0.1) is 23.5 Å². The van der Waals surface area contributed by atoms with Gasteiger partial charge in [0.1, 0.15) is 0 Å². The van der Waals surface area contributed by atoms with Gasteiger partial charge in [0.05, 0.1) is 25.9 Å². The van der Waals surface area contributed by atoms with Crippen molar-refractivity contribution in [1.29, 1.82) is 0 Å². The molecule has 3 aliphatic rings. The molecule has 0 radical (unpaired) electrons. The fraction of sp³-hybridized carbons (Fsp3) is 0.778. The van der Waals surface area contributed by atoms with Crippen LogP contribution in [0.5, 0.6) is 0 Å². The number of hydrogen-bond acceptors (Lipinski definition) is 3. The first kappa shape index (κ1) is 24.1. The van der Waals surface area contributed by atoms with Crippen LogP contribution in [-0.2, 0) is 14.2 Å². The zero-order valence-corrected chi connectivity index (χ0v) is 19.8. The van der Waals surface area contributed by atoms with Crippen molar-refractivity contribution in [2.45, 2.75) is 102 Å². The van der Waals surface area contributed by atoms with Gasteiger partial charge in [0.15, 0.2) is 17.9 Å². The van der Waals surface area contributed by atoms with Gasteiger partial charge >= 0.3 is 0 Å². The van der Waals surface area contributed by atoms with E-state index in [1.165, 1.54) is 12.8 Å². The Bertz CT molecular complexity index is 716. The van der Waals surface area contributed by atoms with Gasteiger partial charge in [-0.1, -0.05) is 45.2 Å². The summed E-state index contributed by atoms with van der Waals surface area (Å²) in [6.45, 7) is 5.76. The second-order valence-electron chi connectivity index (χ2n) is 10.2. The summed E-state index contributed by atoms with van der Waals surface area (Å²) in [5, 5.41) is 0. The van der Waals surface area contributed by atoms with Gasteiger partial charge in [0.25, 0.3) is 0 Å². The molecular weight excluding hydrogens is 410 g/mol. The predicted octanol–water partition coefficient (Wildman–Crippen LogP) is 7.09. The average Bonchev–Trinajstić information content (AvgIpc) is 2.83. The Kier molecular flexibility index (Phi) is 8.58. The fourth-order valence-electron chi connectivity index (χ4n) is 5.94. The Morgan fingerprint density at radius 1 is 0.719 bits per heavy atom. The highest BCUT2D eigenvalue weighted by atomic mass is 19.2. The van der Waals surface area contributed by atoms with Crippen LogP contribution in [0.3, 0.4) is 0 Å². The standard InChI is InChI=1S/C27H40F2O3/c1-3-5-18-7-9-19(10-8-18)23-13-14-24(26(29)25(23)28)21-16-31-27(32-17-21)20-11-12-22(6-4-2)30-15-20/h13-14,18-22,27H,3-12,15-17H2,1-2H3. The first-order valence-electron chi connectivity index (χ1n) is 12.9. The second-order valence-corrected chi connectivity index (χ2v) is 10.2. The summed E-state index contributed by atoms with van der Waals surface area (Å²) in [6.07, 6.45) is 10.9. The molecule has 0 spiro atoms. The summed E-state index contributed by atoms with van der Waals surface area (Å²) in [5.74, 6) is -0.538. The lowest BCUT2D eigenvalue weighted by atomic mass is 9.77. The predicted molar refractivity (Wildman–Crippen MR) is 122 cm³/mol. The maximum absolute atomic E-state index is 15.1. The summed E-state index contributed by atoms with van der Waals surface area (Å²) in [7, 11) is 0. The van der Waals surface area contributed by atoms with Crippen molar-refractivity contribution in [2.24, 2.45) is 11.8 Å². The quantitative estimate of drug-likeness (QED) is 0.444. The van der Waals surface area contributed by atoms with Crippen LogP contribution in [0.15, 0.2) is 12.1 Å². The minimum Gasteiger partial charge on any atom is -0.378 e. The Labute approximate surface area is 192 Å². The van der Waals surface area contributed by atoms with Gasteiger partial charge in [-0.25, -0.2) is 8.78 Å². The Morgan fingerprint density at radius 3 is 1.91 bits per heavy atom. The summed E-state index contributed by atoms with van der Waals surface area (Å²) in [5.41, 5.74) is 0.935. The SMILES string of the molecule is CCCC1CCC(c2ccc(C3COC(C4CCC(CCC)OC4)OC3)c(F)c2F)CC1. The lowest BCUT2D eigenvalue weighted by Gasteiger charge is -2.38. The van der Waals surface area contributed by atoms with E-state index in [4.69, 9.17) is 14.2 Å². The molecule has 1 aliphatic carbocycles. The van der Waals surface area contributed by atoms with E-state index in [0.29, 0.717) is 37.1 Å². The van der Waals surface area contributed by atoms with Gasteiger partial charge in [-0.3, -0.25) is 0 Å². The maximum atomic E-state index is 15.1. The van der Waals surface area contributed by atoms with E-state index in [1.807, 2.05) is 6.07 Å². The summed E-state index contributed by atoms with van der Waals surface area (Å²) >= 11 is 0. The molecule has 2 atom stereocenters. The lowest BCUT2D eigenvalue weighted by molar-refractivity contribution is -0.231. The van der Waals surface area contributed by atoms with Crippen LogP contribution < -0.4 is 0 Å². The van der Waals surface area contributed by atoms with Crippen LogP contribution >= 0.6 is 0 Å². The van der Waals surface area contributed by atoms with Gasteiger partial charge in [0.2, 0.25) is 0 Å². The molecule has 2 heterocycles. The van der Waals surface area contributed by atoms with E-state index in [9.17, 15) is 0 Å². The molecule has 1 saturated carbocycles. The number of hydrogen-bond donors (Lipinski definition) is 0. The maximum Gasteiger partial charge on any atom is 0.162 e. The Balaban J connectivity index is 1.32. The molecule has 0 aromatic heterocycles. The van der Waals surface area contributed by atoms with Gasteiger partial charge in [0, 0.05) is 11.8 Å². The van der Waals surface area contributed by atoms with Crippen molar-refractivity contribution in [3.63, 3.8) is 0 Å². The highest BCUT2D eigenvalue weighted by Crippen LogP contribution is 2.40. The van der Waals surface area contributed by atoms with Crippen molar-refractivity contribution in [3.05, 3.63) is 34.9 Å². The van der Waals surface area contributed by atoms with E-state index < -0.39 is 11.6 Å². The Hall–Kier alpha value is -1.04. The van der Waals surface area contributed by atoms with Crippen molar-refractivity contribution in [2.75, 3.05) is 19.8 Å². The molecule has 5 heteroatoms. The topological polar surface area (TPSA) is 27.7 Å². The summed E-state index contributed by atoms with van der Waals surface area (Å²) in [6, 6.07) is 3.58. The number of benzene rings is 1. The molecule has 1 aromatic carbocycles. The molecule has 1 aromatic rings. The van der Waals surface area contributed by atoms with E-state index in [-0.39, 0.29) is 24.0 Å². The van der Waals surface area contributed by atoms with E-state index in [0.717, 1.165) is 57.3 Å². The van der Waals surface area contributed by atoms with Crippen molar-refractivity contribution >= 4 is 0 Å². The minimum atomic E-state index is -0.711. The zero-order valence-electron chi connectivity index (χ0n) is 19.8. The van der Waals surface area contributed by atoms with Crippen LogP contribution in [0.1, 0.15) is 101 Å². The molecule has 4 rings (SSSR count). The molecule has 2 unspecified atom stereocenters. The second kappa shape index (κ2) is 11.4. The summed E-state index contributed by atoms with van der Waals surface area (Å²) in [4.78, 5) is 0. The van der Waals surface area contributed by atoms with E-state index in [1.54, 1.807) is 6.07 Å². The van der Waals surface area contributed by atoms with Gasteiger partial charge < -0.3 is 14.2 Å². The molecule has 3 fully saturated rings. The zero-order chi connectivity index (χ0) is 22.5. The van der Waals surface area contributed by atoms with Crippen LogP contribution in [0.2, 0.25) is 0 Å². The van der Waals surface area contributed by atoms with Gasteiger partial charge in [-0.2, -0.15) is 0 Å². The van der Waals surface area contributed by atoms with Crippen LogP contribution in [0.25, 0.3) is 0 Å². The number of ether oxygens (including phenoxy) is 3. The number of halogens is 2. The highest BCUT2D eigenvalue weighted by molar-refractivity contribution is 5.32. The average molecular weight is 451 g/mol. The lowest BCUT2D eigenvalue weighted by Crippen LogP contribution is -2.41. The molecule has 180 valence electrons. The largest absolute Gasteiger partial charge is 0.378 e. The molecule has 0 amide bonds. The third-order valence-electron chi connectivity index (χ3n) is 7.89. The normalized spacial score (nSPS) is 33.9. The van der Waals surface area contributed by atoms with E-state index in [2.05, 4.69) is 13.8 Å². The molecule has 32 heavy (non-hydrogen) atoms. The van der Waals surface area contributed by atoms with Crippen LogP contribution in [0.4, 0.5) is 8.78 Å². The molecule has 2 aliphatic heterocycles. The first-order valence-corrected chi connectivity index (χ1v) is 12.9. The fourth-order valence-corrected chi connectivity index (χ4v) is 5.94. The number of rotatable bonds is 7. The smallest absolute Gasteiger partial charge is 0.162 e. The third kappa shape index (κ3) is 5.53. The molecular formula is C27H40F2O3. The van der Waals surface area contributed by atoms with Gasteiger partial charge in [-0.05, 0) is 67.9 Å². The van der Waals surface area contributed by atoms with Crippen molar-refractivity contribution < 1.29 is 23.0 Å². The highest BCUT2D eigenvalue weighted by Gasteiger charge is 2.35. The molecule has 3 nitrogen and oxygen atoms in total. The van der Waals surface area contributed by atoms with E-state index >= 15 is 8.78 Å². The Morgan fingerprint density at radius 2 is 1.34 bits per heavy atom. The van der Waals surface area contributed by atoms with Gasteiger partial charge in [-0.15, -0.1) is 0 Å².